The molecule has 4 fully saturated rings. The summed E-state index contributed by atoms with van der Waals surface area (Å²) in [6.07, 6.45) is 6.85. The molecular weight excluding hydrogens is 326 g/mol. The minimum absolute atomic E-state index is 0.0601. The second kappa shape index (κ2) is 5.32. The van der Waals surface area contributed by atoms with Crippen molar-refractivity contribution >= 4 is 17.5 Å². The number of amides is 1. The number of aryl methyl sites for hydroxylation is 1. The van der Waals surface area contributed by atoms with Gasteiger partial charge in [0.25, 0.3) is 11.5 Å². The number of hydrogen-bond donors (Lipinski definition) is 2. The van der Waals surface area contributed by atoms with Crippen LogP contribution in [0.5, 0.6) is 0 Å². The minimum Gasteiger partial charge on any atom is -0.351 e. The Bertz CT molecular complexity index is 743. The van der Waals surface area contributed by atoms with Crippen molar-refractivity contribution in [1.82, 2.24) is 15.5 Å². The van der Waals surface area contributed by atoms with Gasteiger partial charge >= 0.3 is 0 Å². The number of halogens is 1. The van der Waals surface area contributed by atoms with Gasteiger partial charge in [0.1, 0.15) is 5.56 Å². The molecule has 4 aliphatic carbocycles. The summed E-state index contributed by atoms with van der Waals surface area (Å²) in [5.74, 6) is 1.11. The normalized spacial score (nSPS) is 36.8. The number of carbonyl (C=O) groups excluding carboxylic acids is 1. The van der Waals surface area contributed by atoms with E-state index < -0.39 is 5.56 Å². The molecule has 1 aromatic rings. The molecule has 1 aromatic heterocycles. The van der Waals surface area contributed by atoms with Gasteiger partial charge in [0.15, 0.2) is 0 Å². The summed E-state index contributed by atoms with van der Waals surface area (Å²) < 4.78 is 0. The maximum absolute atomic E-state index is 12.6. The number of carbonyl (C=O) groups is 1. The minimum atomic E-state index is -0.421. The van der Waals surface area contributed by atoms with Crippen LogP contribution < -0.4 is 10.9 Å². The zero-order valence-corrected chi connectivity index (χ0v) is 15.0. The smallest absolute Gasteiger partial charge is 0.277 e. The van der Waals surface area contributed by atoms with E-state index in [0.717, 1.165) is 32.1 Å². The van der Waals surface area contributed by atoms with Crippen LogP contribution in [0.2, 0.25) is 0 Å². The average molecular weight is 350 g/mol. The molecule has 4 saturated carbocycles. The van der Waals surface area contributed by atoms with Crippen LogP contribution in [0.1, 0.15) is 60.1 Å². The molecule has 4 bridgehead atoms. The Kier molecular flexibility index (Phi) is 3.57. The lowest BCUT2D eigenvalue weighted by Gasteiger charge is -2.60. The van der Waals surface area contributed by atoms with E-state index in [1.807, 2.05) is 0 Å². The number of aromatic nitrogens is 2. The monoisotopic (exact) mass is 349 g/mol. The van der Waals surface area contributed by atoms with Crippen LogP contribution in [0.25, 0.3) is 0 Å². The summed E-state index contributed by atoms with van der Waals surface area (Å²) in [6.45, 7) is 4.18. The second-order valence-corrected chi connectivity index (χ2v) is 9.23. The van der Waals surface area contributed by atoms with E-state index in [2.05, 4.69) is 15.5 Å². The molecule has 1 heterocycles. The molecule has 1 amide bonds. The molecule has 24 heavy (non-hydrogen) atoms. The first-order chi connectivity index (χ1) is 11.3. The van der Waals surface area contributed by atoms with Gasteiger partial charge in [0, 0.05) is 11.4 Å². The zero-order valence-electron chi connectivity index (χ0n) is 14.2. The van der Waals surface area contributed by atoms with Crippen molar-refractivity contribution in [3.8, 4) is 0 Å². The van der Waals surface area contributed by atoms with E-state index in [4.69, 9.17) is 11.6 Å². The van der Waals surface area contributed by atoms with Gasteiger partial charge in [-0.2, -0.15) is 5.10 Å². The van der Waals surface area contributed by atoms with E-state index in [9.17, 15) is 9.59 Å². The van der Waals surface area contributed by atoms with Crippen molar-refractivity contribution in [2.75, 3.05) is 6.54 Å². The van der Waals surface area contributed by atoms with Gasteiger partial charge in [-0.05, 0) is 75.2 Å². The zero-order chi connectivity index (χ0) is 17.1. The third-order valence-corrected chi connectivity index (χ3v) is 6.87. The van der Waals surface area contributed by atoms with Crippen molar-refractivity contribution in [2.24, 2.45) is 17.3 Å². The first-order valence-corrected chi connectivity index (χ1v) is 9.20. The first kappa shape index (κ1) is 16.1. The number of nitrogens with one attached hydrogen (secondary N) is 2. The highest BCUT2D eigenvalue weighted by atomic mass is 35.5. The number of nitrogens with zero attached hydrogens (tertiary/aromatic N) is 1. The van der Waals surface area contributed by atoms with Crippen LogP contribution in [-0.4, -0.2) is 27.5 Å². The maximum atomic E-state index is 12.6. The molecule has 0 aliphatic heterocycles. The Morgan fingerprint density at radius 3 is 2.58 bits per heavy atom. The largest absolute Gasteiger partial charge is 0.351 e. The Morgan fingerprint density at radius 1 is 1.29 bits per heavy atom. The van der Waals surface area contributed by atoms with Crippen molar-refractivity contribution < 1.29 is 4.79 Å². The predicted molar refractivity (Wildman–Crippen MR) is 92.4 cm³/mol. The van der Waals surface area contributed by atoms with Gasteiger partial charge in [-0.15, -0.1) is 11.6 Å². The maximum Gasteiger partial charge on any atom is 0.277 e. The molecule has 6 heteroatoms. The van der Waals surface area contributed by atoms with Crippen molar-refractivity contribution in [1.29, 1.82) is 0 Å². The number of rotatable bonds is 3. The molecule has 0 aromatic carbocycles. The van der Waals surface area contributed by atoms with Gasteiger partial charge in [0.2, 0.25) is 0 Å². The number of aromatic amines is 1. The van der Waals surface area contributed by atoms with E-state index in [0.29, 0.717) is 29.6 Å². The summed E-state index contributed by atoms with van der Waals surface area (Å²) in [5, 5.41) is 9.35. The summed E-state index contributed by atoms with van der Waals surface area (Å²) in [5.41, 5.74) is 1.21. The Morgan fingerprint density at radius 2 is 1.96 bits per heavy atom. The molecule has 2 atom stereocenters. The third kappa shape index (κ3) is 2.57. The van der Waals surface area contributed by atoms with Crippen LogP contribution in [-0.2, 0) is 0 Å². The fourth-order valence-electron chi connectivity index (χ4n) is 5.80. The van der Waals surface area contributed by atoms with Gasteiger partial charge in [-0.25, -0.2) is 5.10 Å². The summed E-state index contributed by atoms with van der Waals surface area (Å²) >= 11 is 6.85. The molecule has 0 spiro atoms. The van der Waals surface area contributed by atoms with E-state index in [-0.39, 0.29) is 21.8 Å². The molecule has 0 unspecified atom stereocenters. The number of hydrogen-bond acceptors (Lipinski definition) is 3. The van der Waals surface area contributed by atoms with E-state index in [1.54, 1.807) is 13.8 Å². The Labute approximate surface area is 146 Å². The van der Waals surface area contributed by atoms with Crippen molar-refractivity contribution in [3.05, 3.63) is 27.2 Å². The fraction of sp³-hybridized carbons (Fsp3) is 0.722. The number of alkyl halides is 1. The topological polar surface area (TPSA) is 74.8 Å². The van der Waals surface area contributed by atoms with Crippen molar-refractivity contribution in [3.63, 3.8) is 0 Å². The molecule has 0 saturated heterocycles. The highest BCUT2D eigenvalue weighted by Gasteiger charge is 2.56. The molecule has 5 nitrogen and oxygen atoms in total. The van der Waals surface area contributed by atoms with Crippen LogP contribution in [0.15, 0.2) is 4.79 Å². The summed E-state index contributed by atoms with van der Waals surface area (Å²) in [6, 6.07) is 0. The van der Waals surface area contributed by atoms with Gasteiger partial charge < -0.3 is 5.32 Å². The lowest BCUT2D eigenvalue weighted by atomic mass is 9.49. The standard InChI is InChI=1S/C18H24ClN3O2/c1-10-11(2)21-22-16(24)14(10)15(23)20-9-17-4-12-3-13(5-17)7-18(19,6-12)8-17/h12-13H,3-9H2,1-2H3,(H,20,23)(H,22,24)/t12-,13-,17?,18?/m1/s1. The summed E-state index contributed by atoms with van der Waals surface area (Å²) in [4.78, 5) is 24.6. The third-order valence-electron chi connectivity index (χ3n) is 6.43. The fourth-order valence-corrected chi connectivity index (χ4v) is 6.52. The van der Waals surface area contributed by atoms with Gasteiger partial charge in [-0.1, -0.05) is 0 Å². The van der Waals surface area contributed by atoms with Crippen LogP contribution >= 0.6 is 11.6 Å². The average Bonchev–Trinajstić information content (AvgIpc) is 2.47. The first-order valence-electron chi connectivity index (χ1n) is 8.82. The van der Waals surface area contributed by atoms with Crippen LogP contribution in [0, 0.1) is 31.1 Å². The molecule has 130 valence electrons. The predicted octanol–water partition coefficient (Wildman–Crippen LogP) is 2.69. The Hall–Kier alpha value is -1.36. The molecule has 5 rings (SSSR count). The summed E-state index contributed by atoms with van der Waals surface area (Å²) in [7, 11) is 0. The quantitative estimate of drug-likeness (QED) is 0.824. The SMILES string of the molecule is Cc1n[nH]c(=O)c(C(=O)NCC23C[C@H]4C[C@@H](CC(Cl)(C4)C2)C3)c1C. The lowest BCUT2D eigenvalue weighted by molar-refractivity contribution is -0.0379. The van der Waals surface area contributed by atoms with Crippen LogP contribution in [0.4, 0.5) is 0 Å². The molecule has 4 aliphatic rings. The number of H-pyrrole nitrogens is 1. The van der Waals surface area contributed by atoms with E-state index >= 15 is 0 Å². The molecule has 2 N–H and O–H groups in total. The van der Waals surface area contributed by atoms with E-state index in [1.165, 1.54) is 6.42 Å². The second-order valence-electron chi connectivity index (χ2n) is 8.43. The van der Waals surface area contributed by atoms with Gasteiger partial charge in [-0.3, -0.25) is 9.59 Å². The lowest BCUT2D eigenvalue weighted by Crippen LogP contribution is -2.56. The van der Waals surface area contributed by atoms with Gasteiger partial charge in [0.05, 0.1) is 5.69 Å². The highest BCUT2D eigenvalue weighted by molar-refractivity contribution is 6.24. The molecular formula is C18H24ClN3O2. The van der Waals surface area contributed by atoms with Crippen LogP contribution in [0.3, 0.4) is 0 Å². The Balaban J connectivity index is 1.53. The highest BCUT2D eigenvalue weighted by Crippen LogP contribution is 2.63. The molecule has 0 radical (unpaired) electrons. The van der Waals surface area contributed by atoms with Crippen molar-refractivity contribution in [2.45, 2.75) is 57.2 Å².